The molecule has 106 valence electrons. The van der Waals surface area contributed by atoms with Crippen molar-refractivity contribution in [2.24, 2.45) is 0 Å². The van der Waals surface area contributed by atoms with Crippen LogP contribution in [0.3, 0.4) is 0 Å². The molecule has 0 bridgehead atoms. The van der Waals surface area contributed by atoms with E-state index in [0.29, 0.717) is 23.0 Å². The fourth-order valence-electron chi connectivity index (χ4n) is 2.01. The van der Waals surface area contributed by atoms with Crippen molar-refractivity contribution in [2.75, 3.05) is 24.1 Å². The van der Waals surface area contributed by atoms with E-state index in [4.69, 9.17) is 11.6 Å². The quantitative estimate of drug-likeness (QED) is 0.919. The van der Waals surface area contributed by atoms with Gasteiger partial charge in [0.05, 0.1) is 26.4 Å². The Balaban J connectivity index is 2.33. The highest BCUT2D eigenvalue weighted by molar-refractivity contribution is 7.90. The molecule has 1 fully saturated rings. The zero-order chi connectivity index (χ0) is 14.0. The summed E-state index contributed by atoms with van der Waals surface area (Å²) in [4.78, 5) is 0.312. The molecule has 0 aromatic heterocycles. The lowest BCUT2D eigenvalue weighted by molar-refractivity contribution is 0.482. The van der Waals surface area contributed by atoms with Gasteiger partial charge in [-0.1, -0.05) is 17.7 Å². The molecule has 1 N–H and O–H groups in total. The Morgan fingerprint density at radius 2 is 1.95 bits per heavy atom. The van der Waals surface area contributed by atoms with E-state index in [9.17, 15) is 12.6 Å². The van der Waals surface area contributed by atoms with Crippen LogP contribution in [0.4, 0.5) is 5.69 Å². The summed E-state index contributed by atoms with van der Waals surface area (Å²) in [7, 11) is -4.96. The van der Waals surface area contributed by atoms with Gasteiger partial charge in [0.25, 0.3) is 0 Å². The predicted octanol–water partition coefficient (Wildman–Crippen LogP) is 1.83. The summed E-state index contributed by atoms with van der Waals surface area (Å²) >= 11 is 5.97. The predicted molar refractivity (Wildman–Crippen MR) is 77.1 cm³/mol. The van der Waals surface area contributed by atoms with E-state index in [-0.39, 0.29) is 5.69 Å². The first kappa shape index (κ1) is 14.8. The van der Waals surface area contributed by atoms with Crippen molar-refractivity contribution >= 4 is 38.3 Å². The Kier molecular flexibility index (Phi) is 4.50. The van der Waals surface area contributed by atoms with Crippen LogP contribution in [-0.2, 0) is 21.0 Å². The highest BCUT2D eigenvalue weighted by Crippen LogP contribution is 2.28. The van der Waals surface area contributed by atoms with Crippen molar-refractivity contribution in [3.8, 4) is 0 Å². The molecule has 0 amide bonds. The lowest BCUT2D eigenvalue weighted by Crippen LogP contribution is -2.33. The molecule has 1 unspecified atom stereocenters. The van der Waals surface area contributed by atoms with Crippen LogP contribution in [0.2, 0.25) is 5.02 Å². The van der Waals surface area contributed by atoms with Crippen LogP contribution < -0.4 is 4.72 Å². The molecular weight excluding hydrogens is 308 g/mol. The molecule has 1 saturated heterocycles. The van der Waals surface area contributed by atoms with Crippen LogP contribution in [0.1, 0.15) is 12.8 Å². The first-order valence-electron chi connectivity index (χ1n) is 5.81. The van der Waals surface area contributed by atoms with E-state index < -0.39 is 21.0 Å². The molecule has 0 spiro atoms. The third-order valence-corrected chi connectivity index (χ3v) is 5.86. The number of halogens is 1. The van der Waals surface area contributed by atoms with E-state index in [1.165, 1.54) is 10.6 Å². The molecule has 1 aromatic carbocycles. The van der Waals surface area contributed by atoms with Crippen molar-refractivity contribution in [1.82, 2.24) is 4.31 Å². The third kappa shape index (κ3) is 3.28. The minimum Gasteiger partial charge on any atom is -0.270 e. The number of nitrogens with zero attached hydrogens (tertiary/aromatic N) is 1. The second-order valence-electron chi connectivity index (χ2n) is 4.28. The van der Waals surface area contributed by atoms with Crippen LogP contribution in [0.5, 0.6) is 0 Å². The second kappa shape index (κ2) is 5.78. The molecule has 8 heteroatoms. The largest absolute Gasteiger partial charge is 0.301 e. The summed E-state index contributed by atoms with van der Waals surface area (Å²) in [5, 5.41) is 0.294. The van der Waals surface area contributed by atoms with Crippen molar-refractivity contribution in [3.63, 3.8) is 0 Å². The number of hydrogen-bond acceptors (Lipinski definition) is 3. The molecule has 1 atom stereocenters. The van der Waals surface area contributed by atoms with Gasteiger partial charge in [0.2, 0.25) is 0 Å². The van der Waals surface area contributed by atoms with E-state index >= 15 is 0 Å². The van der Waals surface area contributed by atoms with Gasteiger partial charge in [0, 0.05) is 19.3 Å². The van der Waals surface area contributed by atoms with E-state index in [1.807, 2.05) is 0 Å². The molecule has 0 saturated carbocycles. The van der Waals surface area contributed by atoms with E-state index in [1.54, 1.807) is 18.2 Å². The smallest absolute Gasteiger partial charge is 0.270 e. The van der Waals surface area contributed by atoms with Gasteiger partial charge in [-0.05, 0) is 25.0 Å². The summed E-state index contributed by atoms with van der Waals surface area (Å²) in [5.74, 6) is 0. The van der Waals surface area contributed by atoms with Crippen molar-refractivity contribution < 1.29 is 12.6 Å². The summed E-state index contributed by atoms with van der Waals surface area (Å²) in [5.41, 5.74) is 0.278. The van der Waals surface area contributed by atoms with Crippen LogP contribution >= 0.6 is 11.6 Å². The maximum Gasteiger partial charge on any atom is 0.301 e. The van der Waals surface area contributed by atoms with Gasteiger partial charge in [-0.25, -0.2) is 0 Å². The third-order valence-electron chi connectivity index (χ3n) is 2.90. The van der Waals surface area contributed by atoms with Crippen LogP contribution in [-0.4, -0.2) is 36.3 Å². The first-order chi connectivity index (χ1) is 8.92. The highest BCUT2D eigenvalue weighted by atomic mass is 35.5. The lowest BCUT2D eigenvalue weighted by Gasteiger charge is -2.18. The van der Waals surface area contributed by atoms with Gasteiger partial charge in [-0.3, -0.25) is 8.93 Å². The molecule has 0 aliphatic carbocycles. The van der Waals surface area contributed by atoms with Crippen LogP contribution in [0.15, 0.2) is 23.1 Å². The number of nitrogens with one attached hydrogen (secondary N) is 1. The fourth-order valence-corrected chi connectivity index (χ4v) is 4.67. The molecule has 1 aliphatic rings. The molecule has 1 heterocycles. The van der Waals surface area contributed by atoms with E-state index in [0.717, 1.165) is 12.8 Å². The summed E-state index contributed by atoms with van der Waals surface area (Å²) in [6.07, 6.45) is 3.20. The van der Waals surface area contributed by atoms with Gasteiger partial charge >= 0.3 is 10.2 Å². The zero-order valence-corrected chi connectivity index (χ0v) is 12.8. The van der Waals surface area contributed by atoms with Gasteiger partial charge < -0.3 is 0 Å². The minimum absolute atomic E-state index is 0.278. The summed E-state index contributed by atoms with van der Waals surface area (Å²) in [6.45, 7) is 1.03. The molecular formula is C11H15ClN2O3S2. The Morgan fingerprint density at radius 1 is 1.32 bits per heavy atom. The molecule has 1 aromatic rings. The zero-order valence-electron chi connectivity index (χ0n) is 10.4. The number of hydrogen-bond donors (Lipinski definition) is 1. The first-order valence-corrected chi connectivity index (χ1v) is 9.19. The number of rotatable bonds is 4. The minimum atomic E-state index is -3.60. The Labute approximate surface area is 120 Å². The van der Waals surface area contributed by atoms with Crippen LogP contribution in [0, 0.1) is 0 Å². The van der Waals surface area contributed by atoms with E-state index in [2.05, 4.69) is 4.72 Å². The number of benzene rings is 1. The summed E-state index contributed by atoms with van der Waals surface area (Å²) in [6, 6.07) is 4.78. The maximum absolute atomic E-state index is 12.2. The Bertz CT molecular complexity index is 598. The molecule has 2 rings (SSSR count). The van der Waals surface area contributed by atoms with Gasteiger partial charge in [0.1, 0.15) is 0 Å². The second-order valence-corrected chi connectivity index (χ2v) is 7.68. The SMILES string of the molecule is CS(=O)c1c(Cl)cccc1NS(=O)(=O)N1CCCC1. The molecule has 19 heavy (non-hydrogen) atoms. The monoisotopic (exact) mass is 322 g/mol. The number of anilines is 1. The standard InChI is InChI=1S/C11H15ClN2O3S2/c1-18(15)11-9(12)5-4-6-10(11)13-19(16,17)14-7-2-3-8-14/h4-6,13H,2-3,7-8H2,1H3. The average molecular weight is 323 g/mol. The lowest BCUT2D eigenvalue weighted by atomic mass is 10.3. The summed E-state index contributed by atoms with van der Waals surface area (Å²) < 4.78 is 39.9. The average Bonchev–Trinajstić information content (AvgIpc) is 2.81. The molecule has 0 radical (unpaired) electrons. The topological polar surface area (TPSA) is 66.5 Å². The normalized spacial score (nSPS) is 18.4. The van der Waals surface area contributed by atoms with Gasteiger partial charge in [-0.2, -0.15) is 12.7 Å². The maximum atomic E-state index is 12.2. The van der Waals surface area contributed by atoms with Crippen molar-refractivity contribution in [3.05, 3.63) is 23.2 Å². The van der Waals surface area contributed by atoms with Gasteiger partial charge in [-0.15, -0.1) is 0 Å². The fraction of sp³-hybridized carbons (Fsp3) is 0.455. The highest BCUT2D eigenvalue weighted by Gasteiger charge is 2.26. The van der Waals surface area contributed by atoms with Crippen LogP contribution in [0.25, 0.3) is 0 Å². The molecule has 1 aliphatic heterocycles. The van der Waals surface area contributed by atoms with Crippen molar-refractivity contribution in [1.29, 1.82) is 0 Å². The Morgan fingerprint density at radius 3 is 2.53 bits per heavy atom. The molecule has 5 nitrogen and oxygen atoms in total. The van der Waals surface area contributed by atoms with Crippen molar-refractivity contribution in [2.45, 2.75) is 17.7 Å². The van der Waals surface area contributed by atoms with Gasteiger partial charge in [0.15, 0.2) is 0 Å². The Hall–Kier alpha value is -0.630.